The topological polar surface area (TPSA) is 66.5 Å². The van der Waals surface area contributed by atoms with Gasteiger partial charge in [0, 0.05) is 25.0 Å². The first kappa shape index (κ1) is 21.5. The van der Waals surface area contributed by atoms with Crippen molar-refractivity contribution >= 4 is 39.1 Å². The van der Waals surface area contributed by atoms with E-state index in [-0.39, 0.29) is 23.6 Å². The van der Waals surface area contributed by atoms with Crippen molar-refractivity contribution in [2.24, 2.45) is 11.8 Å². The van der Waals surface area contributed by atoms with Crippen LogP contribution >= 0.6 is 23.2 Å². The molecular formula is C18H26Cl2N2O3S. The first-order valence-electron chi connectivity index (χ1n) is 8.82. The van der Waals surface area contributed by atoms with E-state index in [2.05, 4.69) is 19.2 Å². The summed E-state index contributed by atoms with van der Waals surface area (Å²) in [6, 6.07) is 4.95. The molecule has 5 nitrogen and oxygen atoms in total. The Labute approximate surface area is 166 Å². The van der Waals surface area contributed by atoms with Gasteiger partial charge in [-0.2, -0.15) is 0 Å². The normalized spacial score (nSPS) is 18.1. The van der Waals surface area contributed by atoms with Crippen LogP contribution in [0.2, 0.25) is 10.0 Å². The lowest BCUT2D eigenvalue weighted by Crippen LogP contribution is -2.46. The number of carbonyl (C=O) groups excluding carboxylic acids is 1. The quantitative estimate of drug-likeness (QED) is 0.762. The van der Waals surface area contributed by atoms with Gasteiger partial charge in [0.15, 0.2) is 0 Å². The van der Waals surface area contributed by atoms with E-state index in [0.717, 1.165) is 0 Å². The fourth-order valence-corrected chi connectivity index (χ4v) is 4.71. The van der Waals surface area contributed by atoms with Crippen LogP contribution in [0.15, 0.2) is 18.2 Å². The van der Waals surface area contributed by atoms with E-state index in [1.165, 1.54) is 4.31 Å². The number of amides is 1. The third kappa shape index (κ3) is 5.59. The van der Waals surface area contributed by atoms with Crippen LogP contribution in [-0.4, -0.2) is 37.8 Å². The van der Waals surface area contributed by atoms with Crippen molar-refractivity contribution in [2.45, 2.75) is 45.4 Å². The van der Waals surface area contributed by atoms with E-state index in [9.17, 15) is 13.2 Å². The molecule has 0 aromatic heterocycles. The Bertz CT molecular complexity index is 745. The highest BCUT2D eigenvalue weighted by Gasteiger charge is 2.31. The van der Waals surface area contributed by atoms with Gasteiger partial charge in [-0.3, -0.25) is 4.79 Å². The number of hydrogen-bond acceptors (Lipinski definition) is 3. The number of halogens is 2. The second kappa shape index (κ2) is 8.91. The lowest BCUT2D eigenvalue weighted by Gasteiger charge is -2.31. The number of sulfonamides is 1. The van der Waals surface area contributed by atoms with Gasteiger partial charge >= 0.3 is 0 Å². The number of carbonyl (C=O) groups is 1. The summed E-state index contributed by atoms with van der Waals surface area (Å²) in [6.45, 7) is 6.82. The van der Waals surface area contributed by atoms with Gasteiger partial charge in [-0.05, 0) is 43.4 Å². The van der Waals surface area contributed by atoms with Crippen LogP contribution in [0.4, 0.5) is 0 Å². The zero-order valence-electron chi connectivity index (χ0n) is 15.3. The zero-order valence-corrected chi connectivity index (χ0v) is 17.7. The largest absolute Gasteiger partial charge is 0.353 e. The predicted octanol–water partition coefficient (Wildman–Crippen LogP) is 3.70. The Balaban J connectivity index is 1.93. The molecule has 0 spiro atoms. The van der Waals surface area contributed by atoms with Crippen molar-refractivity contribution in [3.8, 4) is 0 Å². The van der Waals surface area contributed by atoms with E-state index < -0.39 is 10.0 Å². The van der Waals surface area contributed by atoms with Crippen molar-refractivity contribution in [2.75, 3.05) is 13.1 Å². The van der Waals surface area contributed by atoms with Gasteiger partial charge in [-0.15, -0.1) is 0 Å². The minimum Gasteiger partial charge on any atom is -0.353 e. The summed E-state index contributed by atoms with van der Waals surface area (Å²) < 4.78 is 26.8. The molecule has 1 unspecified atom stereocenters. The number of benzene rings is 1. The van der Waals surface area contributed by atoms with E-state index in [0.29, 0.717) is 47.5 Å². The molecule has 1 N–H and O–H groups in total. The maximum absolute atomic E-state index is 12.6. The van der Waals surface area contributed by atoms with Crippen molar-refractivity contribution in [3.05, 3.63) is 33.8 Å². The van der Waals surface area contributed by atoms with Crippen LogP contribution in [0, 0.1) is 11.8 Å². The van der Waals surface area contributed by atoms with Gasteiger partial charge in [0.25, 0.3) is 0 Å². The molecule has 1 aliphatic heterocycles. The van der Waals surface area contributed by atoms with Crippen molar-refractivity contribution in [1.29, 1.82) is 0 Å². The molecule has 0 saturated carbocycles. The van der Waals surface area contributed by atoms with Gasteiger partial charge in [-0.1, -0.05) is 43.1 Å². The molecule has 1 fully saturated rings. The summed E-state index contributed by atoms with van der Waals surface area (Å²) in [5, 5.41) is 3.76. The van der Waals surface area contributed by atoms with Gasteiger partial charge < -0.3 is 5.32 Å². The molecule has 26 heavy (non-hydrogen) atoms. The van der Waals surface area contributed by atoms with Crippen LogP contribution < -0.4 is 5.32 Å². The summed E-state index contributed by atoms with van der Waals surface area (Å²) in [4.78, 5) is 12.3. The van der Waals surface area contributed by atoms with E-state index in [1.807, 2.05) is 6.92 Å². The van der Waals surface area contributed by atoms with Gasteiger partial charge in [0.1, 0.15) is 0 Å². The van der Waals surface area contributed by atoms with E-state index >= 15 is 0 Å². The number of hydrogen-bond donors (Lipinski definition) is 1. The van der Waals surface area contributed by atoms with Crippen molar-refractivity contribution in [1.82, 2.24) is 9.62 Å². The maximum atomic E-state index is 12.6. The minimum atomic E-state index is -3.45. The molecule has 0 aliphatic carbocycles. The summed E-state index contributed by atoms with van der Waals surface area (Å²) in [5.74, 6) is 0.136. The van der Waals surface area contributed by atoms with Crippen LogP contribution in [0.1, 0.15) is 39.2 Å². The fraction of sp³-hybridized carbons (Fsp3) is 0.611. The van der Waals surface area contributed by atoms with Crippen molar-refractivity contribution in [3.63, 3.8) is 0 Å². The number of nitrogens with one attached hydrogen (secondary N) is 1. The second-order valence-corrected chi connectivity index (χ2v) is 10.0. The molecule has 8 heteroatoms. The van der Waals surface area contributed by atoms with Crippen molar-refractivity contribution < 1.29 is 13.2 Å². The molecule has 1 atom stereocenters. The molecule has 146 valence electrons. The summed E-state index contributed by atoms with van der Waals surface area (Å²) in [6.07, 6.45) is 1.08. The molecule has 1 aromatic rings. The maximum Gasteiger partial charge on any atom is 0.223 e. The Morgan fingerprint density at radius 1 is 1.19 bits per heavy atom. The molecule has 2 rings (SSSR count). The Morgan fingerprint density at radius 2 is 1.81 bits per heavy atom. The summed E-state index contributed by atoms with van der Waals surface area (Å²) in [5.41, 5.74) is 0.602. The standard InChI is InChI=1S/C18H26Cl2N2O3S/c1-12(2)13(3)21-18(23)15-6-8-22(9-7-15)26(24,25)11-14-4-5-16(19)17(20)10-14/h4-5,10,12-13,15H,6-9,11H2,1-3H3,(H,21,23). The van der Waals surface area contributed by atoms with Crippen LogP contribution in [-0.2, 0) is 20.6 Å². The number of rotatable bonds is 6. The SMILES string of the molecule is CC(C)C(C)NC(=O)C1CCN(S(=O)(=O)Cc2ccc(Cl)c(Cl)c2)CC1. The summed E-state index contributed by atoms with van der Waals surface area (Å²) >= 11 is 11.8. The molecule has 1 aromatic carbocycles. The number of piperidine rings is 1. The highest BCUT2D eigenvalue weighted by molar-refractivity contribution is 7.88. The first-order valence-corrected chi connectivity index (χ1v) is 11.2. The smallest absolute Gasteiger partial charge is 0.223 e. The molecule has 1 heterocycles. The molecule has 1 aliphatic rings. The van der Waals surface area contributed by atoms with Crippen LogP contribution in [0.25, 0.3) is 0 Å². The van der Waals surface area contributed by atoms with Crippen LogP contribution in [0.5, 0.6) is 0 Å². The van der Waals surface area contributed by atoms with E-state index in [4.69, 9.17) is 23.2 Å². The lowest BCUT2D eigenvalue weighted by atomic mass is 9.96. The highest BCUT2D eigenvalue weighted by atomic mass is 35.5. The second-order valence-electron chi connectivity index (χ2n) is 7.22. The molecule has 0 radical (unpaired) electrons. The Hall–Kier alpha value is -0.820. The fourth-order valence-electron chi connectivity index (χ4n) is 2.84. The zero-order chi connectivity index (χ0) is 19.5. The van der Waals surface area contributed by atoms with E-state index in [1.54, 1.807) is 18.2 Å². The lowest BCUT2D eigenvalue weighted by molar-refractivity contribution is -0.127. The Kier molecular flexibility index (Phi) is 7.36. The Morgan fingerprint density at radius 3 is 2.35 bits per heavy atom. The highest BCUT2D eigenvalue weighted by Crippen LogP contribution is 2.26. The average Bonchev–Trinajstić information content (AvgIpc) is 2.58. The molecule has 1 saturated heterocycles. The third-order valence-electron chi connectivity index (χ3n) is 4.92. The summed E-state index contributed by atoms with van der Waals surface area (Å²) in [7, 11) is -3.45. The molecule has 1 amide bonds. The predicted molar refractivity (Wildman–Crippen MR) is 106 cm³/mol. The number of nitrogens with zero attached hydrogens (tertiary/aromatic N) is 1. The molecule has 0 bridgehead atoms. The molecular weight excluding hydrogens is 395 g/mol. The van der Waals surface area contributed by atoms with Gasteiger partial charge in [0.2, 0.25) is 15.9 Å². The van der Waals surface area contributed by atoms with Gasteiger partial charge in [-0.25, -0.2) is 12.7 Å². The average molecular weight is 421 g/mol. The first-order chi connectivity index (χ1) is 12.1. The third-order valence-corrected chi connectivity index (χ3v) is 7.51. The van der Waals surface area contributed by atoms with Gasteiger partial charge in [0.05, 0.1) is 15.8 Å². The van der Waals surface area contributed by atoms with Crippen LogP contribution in [0.3, 0.4) is 0 Å². The monoisotopic (exact) mass is 420 g/mol. The minimum absolute atomic E-state index is 0.0210.